The van der Waals surface area contributed by atoms with Crippen molar-refractivity contribution in [2.45, 2.75) is 31.3 Å². The van der Waals surface area contributed by atoms with E-state index in [1.54, 1.807) is 0 Å². The van der Waals surface area contributed by atoms with Crippen molar-refractivity contribution < 1.29 is 24.3 Å². The van der Waals surface area contributed by atoms with Gasteiger partial charge in [-0.3, -0.25) is 19.2 Å². The van der Waals surface area contributed by atoms with Crippen molar-refractivity contribution in [1.82, 2.24) is 10.6 Å². The molecular weight excluding hydrogens is 230 g/mol. The van der Waals surface area contributed by atoms with Gasteiger partial charge in [-0.05, 0) is 6.42 Å². The summed E-state index contributed by atoms with van der Waals surface area (Å²) in [6.07, 6.45) is -0.0246. The van der Waals surface area contributed by atoms with Crippen molar-refractivity contribution in [3.8, 4) is 0 Å². The highest BCUT2D eigenvalue weighted by Crippen LogP contribution is 2.07. The molecule has 2 atom stereocenters. The number of rotatable bonds is 5. The third-order valence-corrected chi connectivity index (χ3v) is 2.35. The molecule has 8 nitrogen and oxygen atoms in total. The minimum Gasteiger partial charge on any atom is -0.481 e. The normalized spacial score (nSPS) is 20.5. The lowest BCUT2D eigenvalue weighted by molar-refractivity contribution is -0.140. The first-order chi connectivity index (χ1) is 7.90. The molecule has 1 rings (SSSR count). The Morgan fingerprint density at radius 1 is 1.53 bits per heavy atom. The van der Waals surface area contributed by atoms with Crippen molar-refractivity contribution in [2.24, 2.45) is 5.73 Å². The highest BCUT2D eigenvalue weighted by Gasteiger charge is 2.30. The van der Waals surface area contributed by atoms with Crippen molar-refractivity contribution in [3.05, 3.63) is 0 Å². The second-order valence-electron chi connectivity index (χ2n) is 3.72. The van der Waals surface area contributed by atoms with E-state index in [2.05, 4.69) is 10.6 Å². The van der Waals surface area contributed by atoms with Gasteiger partial charge in [0.05, 0.1) is 6.42 Å². The van der Waals surface area contributed by atoms with Gasteiger partial charge in [0.1, 0.15) is 12.1 Å². The first-order valence-corrected chi connectivity index (χ1v) is 5.01. The van der Waals surface area contributed by atoms with Crippen LogP contribution in [0.5, 0.6) is 0 Å². The zero-order valence-electron chi connectivity index (χ0n) is 8.93. The molecule has 1 aliphatic rings. The summed E-state index contributed by atoms with van der Waals surface area (Å²) in [6.45, 7) is 0. The molecular formula is C9H13N3O5. The molecule has 0 bridgehead atoms. The average Bonchev–Trinajstić information content (AvgIpc) is 2.63. The largest absolute Gasteiger partial charge is 0.481 e. The second kappa shape index (κ2) is 5.28. The average molecular weight is 243 g/mol. The van der Waals surface area contributed by atoms with Crippen molar-refractivity contribution >= 4 is 23.7 Å². The van der Waals surface area contributed by atoms with Gasteiger partial charge in [-0.2, -0.15) is 0 Å². The number of carbonyl (C=O) groups excluding carboxylic acids is 3. The molecule has 0 spiro atoms. The molecule has 0 aromatic heterocycles. The van der Waals surface area contributed by atoms with E-state index in [4.69, 9.17) is 10.8 Å². The smallest absolute Gasteiger partial charge is 0.305 e. The predicted octanol–water partition coefficient (Wildman–Crippen LogP) is -2.29. The van der Waals surface area contributed by atoms with Gasteiger partial charge in [0, 0.05) is 6.42 Å². The number of aliphatic carboxylic acids is 1. The van der Waals surface area contributed by atoms with E-state index in [9.17, 15) is 19.2 Å². The minimum atomic E-state index is -1.27. The maximum Gasteiger partial charge on any atom is 0.305 e. The van der Waals surface area contributed by atoms with Crippen LogP contribution in [-0.2, 0) is 19.2 Å². The van der Waals surface area contributed by atoms with Crippen LogP contribution in [0.25, 0.3) is 0 Å². The molecule has 3 amide bonds. The van der Waals surface area contributed by atoms with Crippen molar-refractivity contribution in [3.63, 3.8) is 0 Å². The van der Waals surface area contributed by atoms with Gasteiger partial charge in [-0.15, -0.1) is 0 Å². The maximum atomic E-state index is 11.6. The summed E-state index contributed by atoms with van der Waals surface area (Å²) < 4.78 is 0. The quantitative estimate of drug-likeness (QED) is 0.430. The molecule has 17 heavy (non-hydrogen) atoms. The Balaban J connectivity index is 2.55. The Bertz CT molecular complexity index is 368. The molecule has 94 valence electrons. The van der Waals surface area contributed by atoms with Crippen LogP contribution in [-0.4, -0.2) is 40.9 Å². The summed E-state index contributed by atoms with van der Waals surface area (Å²) in [5, 5.41) is 13.1. The molecule has 0 aliphatic carbocycles. The topological polar surface area (TPSA) is 139 Å². The van der Waals surface area contributed by atoms with Crippen LogP contribution in [0.2, 0.25) is 0 Å². The lowest BCUT2D eigenvalue weighted by atomic mass is 10.1. The first-order valence-electron chi connectivity index (χ1n) is 5.01. The summed E-state index contributed by atoms with van der Waals surface area (Å²) in [5.74, 6) is -3.02. The lowest BCUT2D eigenvalue weighted by Gasteiger charge is -2.16. The van der Waals surface area contributed by atoms with E-state index in [1.807, 2.05) is 0 Å². The number of nitrogens with one attached hydrogen (secondary N) is 2. The van der Waals surface area contributed by atoms with E-state index in [0.29, 0.717) is 6.42 Å². The number of primary amides is 1. The van der Waals surface area contributed by atoms with Crippen LogP contribution in [0.3, 0.4) is 0 Å². The zero-order chi connectivity index (χ0) is 13.0. The van der Waals surface area contributed by atoms with Crippen LogP contribution in [0.15, 0.2) is 0 Å². The highest BCUT2D eigenvalue weighted by molar-refractivity contribution is 5.94. The van der Waals surface area contributed by atoms with Gasteiger partial charge < -0.3 is 21.5 Å². The van der Waals surface area contributed by atoms with E-state index in [-0.39, 0.29) is 12.3 Å². The molecule has 1 saturated heterocycles. The van der Waals surface area contributed by atoms with E-state index in [0.717, 1.165) is 0 Å². The lowest BCUT2D eigenvalue weighted by Crippen LogP contribution is -2.51. The Morgan fingerprint density at radius 2 is 2.18 bits per heavy atom. The number of carboxylic acid groups (broad SMARTS) is 1. The number of carbonyl (C=O) groups is 4. The Hall–Kier alpha value is -2.12. The highest BCUT2D eigenvalue weighted by atomic mass is 16.4. The molecule has 0 saturated carbocycles. The van der Waals surface area contributed by atoms with Gasteiger partial charge >= 0.3 is 5.97 Å². The van der Waals surface area contributed by atoms with Crippen LogP contribution in [0, 0.1) is 0 Å². The summed E-state index contributed by atoms with van der Waals surface area (Å²) in [6, 6.07) is -1.99. The summed E-state index contributed by atoms with van der Waals surface area (Å²) in [5.41, 5.74) is 4.95. The minimum absolute atomic E-state index is 0.234. The van der Waals surface area contributed by atoms with E-state index >= 15 is 0 Å². The molecule has 1 aliphatic heterocycles. The predicted molar refractivity (Wildman–Crippen MR) is 54.5 cm³/mol. The number of carboxylic acids is 1. The van der Waals surface area contributed by atoms with Gasteiger partial charge in [0.2, 0.25) is 17.7 Å². The van der Waals surface area contributed by atoms with Crippen molar-refractivity contribution in [1.29, 1.82) is 0 Å². The molecule has 5 N–H and O–H groups in total. The van der Waals surface area contributed by atoms with Crippen LogP contribution < -0.4 is 16.4 Å². The number of amides is 3. The Labute approximate surface area is 96.5 Å². The third-order valence-electron chi connectivity index (χ3n) is 2.35. The van der Waals surface area contributed by atoms with Gasteiger partial charge in [0.15, 0.2) is 0 Å². The number of hydrogen-bond acceptors (Lipinski definition) is 4. The Morgan fingerprint density at radius 3 is 2.59 bits per heavy atom. The number of hydrogen-bond donors (Lipinski definition) is 4. The SMILES string of the molecule is NC(=O)[C@H](CC(=O)O)NC(=O)[C@H]1CCC(=O)N1. The summed E-state index contributed by atoms with van der Waals surface area (Å²) in [4.78, 5) is 43.8. The van der Waals surface area contributed by atoms with Crippen LogP contribution >= 0.6 is 0 Å². The molecule has 8 heteroatoms. The van der Waals surface area contributed by atoms with E-state index < -0.39 is 36.3 Å². The monoisotopic (exact) mass is 243 g/mol. The molecule has 0 radical (unpaired) electrons. The van der Waals surface area contributed by atoms with Crippen LogP contribution in [0.1, 0.15) is 19.3 Å². The molecule has 1 fully saturated rings. The molecule has 1 heterocycles. The molecule has 0 aromatic carbocycles. The van der Waals surface area contributed by atoms with Crippen LogP contribution in [0.4, 0.5) is 0 Å². The third kappa shape index (κ3) is 3.74. The molecule has 0 aromatic rings. The fourth-order valence-corrected chi connectivity index (χ4v) is 1.48. The number of nitrogens with two attached hydrogens (primary N) is 1. The molecule has 0 unspecified atom stereocenters. The summed E-state index contributed by atoms with van der Waals surface area (Å²) >= 11 is 0. The van der Waals surface area contributed by atoms with E-state index in [1.165, 1.54) is 0 Å². The second-order valence-corrected chi connectivity index (χ2v) is 3.72. The fraction of sp³-hybridized carbons (Fsp3) is 0.556. The first kappa shape index (κ1) is 12.9. The van der Waals surface area contributed by atoms with Gasteiger partial charge in [-0.1, -0.05) is 0 Å². The Kier molecular flexibility index (Phi) is 4.02. The van der Waals surface area contributed by atoms with Gasteiger partial charge in [-0.25, -0.2) is 0 Å². The van der Waals surface area contributed by atoms with Crippen molar-refractivity contribution in [2.75, 3.05) is 0 Å². The summed E-state index contributed by atoms with van der Waals surface area (Å²) in [7, 11) is 0. The van der Waals surface area contributed by atoms with Gasteiger partial charge in [0.25, 0.3) is 0 Å². The standard InChI is InChI=1S/C9H13N3O5/c10-8(16)5(3-7(14)15)12-9(17)4-1-2-6(13)11-4/h4-5H,1-3H2,(H2,10,16)(H,11,13)(H,12,17)(H,14,15)/t4-,5+/m1/s1. The maximum absolute atomic E-state index is 11.6. The fourth-order valence-electron chi connectivity index (χ4n) is 1.48. The zero-order valence-corrected chi connectivity index (χ0v) is 8.93.